The zero-order valence-corrected chi connectivity index (χ0v) is 14.7. The molecule has 3 nitrogen and oxygen atoms in total. The van der Waals surface area contributed by atoms with E-state index >= 15 is 0 Å². The summed E-state index contributed by atoms with van der Waals surface area (Å²) in [7, 11) is 1.96. The van der Waals surface area contributed by atoms with E-state index in [1.165, 1.54) is 0 Å². The van der Waals surface area contributed by atoms with Crippen molar-refractivity contribution >= 4 is 0 Å². The summed E-state index contributed by atoms with van der Waals surface area (Å²) in [6.45, 7) is 0.506. The molecule has 0 aliphatic carbocycles. The molecule has 4 aromatic rings. The highest BCUT2D eigenvalue weighted by Crippen LogP contribution is 2.38. The number of ether oxygens (including phenoxy) is 1. The van der Waals surface area contributed by atoms with Crippen molar-refractivity contribution in [2.45, 2.75) is 6.61 Å². The maximum Gasteiger partial charge on any atom is 0.173 e. The molecule has 0 aliphatic rings. The molecule has 4 rings (SSSR count). The van der Waals surface area contributed by atoms with Crippen LogP contribution in [0.1, 0.15) is 5.56 Å². The van der Waals surface area contributed by atoms with E-state index in [1.54, 1.807) is 0 Å². The first-order valence-corrected chi connectivity index (χ1v) is 8.67. The van der Waals surface area contributed by atoms with Crippen LogP contribution in [-0.4, -0.2) is 9.78 Å². The highest BCUT2D eigenvalue weighted by molar-refractivity contribution is 5.78. The van der Waals surface area contributed by atoms with Crippen LogP contribution in [0, 0.1) is 0 Å². The minimum atomic E-state index is 0.506. The van der Waals surface area contributed by atoms with Crippen LogP contribution in [-0.2, 0) is 13.7 Å². The molecule has 0 spiro atoms. The Morgan fingerprint density at radius 1 is 0.731 bits per heavy atom. The minimum Gasteiger partial charge on any atom is -0.484 e. The molecule has 0 amide bonds. The summed E-state index contributed by atoms with van der Waals surface area (Å²) < 4.78 is 8.20. The number of hydrogen-bond acceptors (Lipinski definition) is 2. The molecular weight excluding hydrogens is 320 g/mol. The Hall–Kier alpha value is -3.33. The van der Waals surface area contributed by atoms with Gasteiger partial charge >= 0.3 is 0 Å². The minimum absolute atomic E-state index is 0.506. The summed E-state index contributed by atoms with van der Waals surface area (Å²) in [4.78, 5) is 0. The predicted molar refractivity (Wildman–Crippen MR) is 105 cm³/mol. The topological polar surface area (TPSA) is 27.1 Å². The van der Waals surface area contributed by atoms with Crippen LogP contribution in [0.2, 0.25) is 0 Å². The summed E-state index contributed by atoms with van der Waals surface area (Å²) in [6, 6.07) is 30.6. The van der Waals surface area contributed by atoms with E-state index < -0.39 is 0 Å². The number of benzene rings is 3. The Balaban J connectivity index is 1.80. The first-order chi connectivity index (χ1) is 12.8. The zero-order chi connectivity index (χ0) is 17.8. The van der Waals surface area contributed by atoms with E-state index in [1.807, 2.05) is 66.3 Å². The quantitative estimate of drug-likeness (QED) is 0.491. The van der Waals surface area contributed by atoms with Gasteiger partial charge in [-0.25, -0.2) is 0 Å². The molecule has 0 fully saturated rings. The summed E-state index contributed by atoms with van der Waals surface area (Å²) >= 11 is 0. The number of aromatic nitrogens is 2. The van der Waals surface area contributed by atoms with Gasteiger partial charge in [0.25, 0.3) is 0 Å². The molecule has 1 aromatic heterocycles. The van der Waals surface area contributed by atoms with Gasteiger partial charge < -0.3 is 4.74 Å². The monoisotopic (exact) mass is 340 g/mol. The molecule has 26 heavy (non-hydrogen) atoms. The van der Waals surface area contributed by atoms with Gasteiger partial charge in [0.15, 0.2) is 5.75 Å². The van der Waals surface area contributed by atoms with E-state index in [0.717, 1.165) is 33.8 Å². The molecule has 3 heteroatoms. The fourth-order valence-electron chi connectivity index (χ4n) is 3.07. The van der Waals surface area contributed by atoms with Crippen molar-refractivity contribution in [1.29, 1.82) is 0 Å². The summed E-state index contributed by atoms with van der Waals surface area (Å²) in [5.74, 6) is 0.814. The zero-order valence-electron chi connectivity index (χ0n) is 14.7. The third-order valence-electron chi connectivity index (χ3n) is 4.32. The second-order valence-corrected chi connectivity index (χ2v) is 6.16. The fraction of sp³-hybridized carbons (Fsp3) is 0.0870. The van der Waals surface area contributed by atoms with E-state index in [2.05, 4.69) is 36.4 Å². The summed E-state index contributed by atoms with van der Waals surface area (Å²) in [5, 5.41) is 4.76. The van der Waals surface area contributed by atoms with Crippen LogP contribution in [0.4, 0.5) is 0 Å². The van der Waals surface area contributed by atoms with Gasteiger partial charge in [-0.3, -0.25) is 4.68 Å². The molecule has 0 atom stereocenters. The van der Waals surface area contributed by atoms with Gasteiger partial charge in [0, 0.05) is 18.2 Å². The van der Waals surface area contributed by atoms with Crippen LogP contribution in [0.5, 0.6) is 5.75 Å². The molecule has 128 valence electrons. The van der Waals surface area contributed by atoms with Gasteiger partial charge in [-0.1, -0.05) is 91.0 Å². The average molecular weight is 340 g/mol. The van der Waals surface area contributed by atoms with E-state index in [0.29, 0.717) is 6.61 Å². The van der Waals surface area contributed by atoms with Crippen LogP contribution in [0.15, 0.2) is 91.0 Å². The Bertz CT molecular complexity index is 977. The lowest BCUT2D eigenvalue weighted by molar-refractivity contribution is 0.308. The van der Waals surface area contributed by atoms with Gasteiger partial charge in [0.05, 0.1) is 0 Å². The Morgan fingerprint density at radius 2 is 1.27 bits per heavy atom. The van der Waals surface area contributed by atoms with Crippen molar-refractivity contribution in [3.8, 4) is 28.3 Å². The molecule has 0 radical (unpaired) electrons. The number of aryl methyl sites for hydroxylation is 1. The van der Waals surface area contributed by atoms with Crippen molar-refractivity contribution in [2.75, 3.05) is 0 Å². The van der Waals surface area contributed by atoms with Crippen LogP contribution >= 0.6 is 0 Å². The highest BCUT2D eigenvalue weighted by Gasteiger charge is 2.20. The molecule has 0 saturated heterocycles. The Morgan fingerprint density at radius 3 is 1.88 bits per heavy atom. The predicted octanol–water partition coefficient (Wildman–Crippen LogP) is 5.33. The second-order valence-electron chi connectivity index (χ2n) is 6.16. The van der Waals surface area contributed by atoms with Gasteiger partial charge in [-0.15, -0.1) is 0 Å². The second kappa shape index (κ2) is 7.28. The van der Waals surface area contributed by atoms with Gasteiger partial charge in [-0.05, 0) is 5.56 Å². The number of hydrogen-bond donors (Lipinski definition) is 0. The van der Waals surface area contributed by atoms with Crippen LogP contribution in [0.25, 0.3) is 22.5 Å². The first-order valence-electron chi connectivity index (χ1n) is 8.67. The standard InChI is InChI=1S/C23H20N2O/c1-25-22(20-15-9-4-10-16-20)23(26-17-18-11-5-2-6-12-18)21(24-25)19-13-7-3-8-14-19/h2-16H,17H2,1H3. The molecule has 0 N–H and O–H groups in total. The third kappa shape index (κ3) is 3.24. The largest absolute Gasteiger partial charge is 0.484 e. The lowest BCUT2D eigenvalue weighted by Gasteiger charge is -2.10. The Kier molecular flexibility index (Phi) is 4.52. The Labute approximate surface area is 153 Å². The molecule has 0 unspecified atom stereocenters. The molecule has 1 heterocycles. The molecular formula is C23H20N2O. The van der Waals surface area contributed by atoms with Crippen molar-refractivity contribution < 1.29 is 4.74 Å². The molecule has 0 saturated carbocycles. The highest BCUT2D eigenvalue weighted by atomic mass is 16.5. The maximum absolute atomic E-state index is 6.30. The van der Waals surface area contributed by atoms with Crippen molar-refractivity contribution in [3.05, 3.63) is 96.6 Å². The summed E-state index contributed by atoms with van der Waals surface area (Å²) in [6.07, 6.45) is 0. The van der Waals surface area contributed by atoms with E-state index in [9.17, 15) is 0 Å². The first kappa shape index (κ1) is 16.2. The molecule has 0 aliphatic heterocycles. The SMILES string of the molecule is Cn1nc(-c2ccccc2)c(OCc2ccccc2)c1-c1ccccc1. The van der Waals surface area contributed by atoms with Gasteiger partial charge in [0.1, 0.15) is 18.0 Å². The van der Waals surface area contributed by atoms with Crippen LogP contribution in [0.3, 0.4) is 0 Å². The third-order valence-corrected chi connectivity index (χ3v) is 4.32. The normalized spacial score (nSPS) is 10.7. The van der Waals surface area contributed by atoms with E-state index in [-0.39, 0.29) is 0 Å². The lowest BCUT2D eigenvalue weighted by atomic mass is 10.1. The fourth-order valence-corrected chi connectivity index (χ4v) is 3.07. The van der Waals surface area contributed by atoms with Gasteiger partial charge in [-0.2, -0.15) is 5.10 Å². The van der Waals surface area contributed by atoms with Crippen molar-refractivity contribution in [3.63, 3.8) is 0 Å². The lowest BCUT2D eigenvalue weighted by Crippen LogP contribution is -1.98. The van der Waals surface area contributed by atoms with E-state index in [4.69, 9.17) is 9.84 Å². The molecule has 0 bridgehead atoms. The van der Waals surface area contributed by atoms with Crippen molar-refractivity contribution in [2.24, 2.45) is 7.05 Å². The van der Waals surface area contributed by atoms with Crippen LogP contribution < -0.4 is 4.74 Å². The number of nitrogens with zero attached hydrogens (tertiary/aromatic N) is 2. The number of rotatable bonds is 5. The smallest absolute Gasteiger partial charge is 0.173 e. The molecule has 3 aromatic carbocycles. The average Bonchev–Trinajstić information content (AvgIpc) is 3.04. The summed E-state index contributed by atoms with van der Waals surface area (Å²) in [5.41, 5.74) is 5.12. The van der Waals surface area contributed by atoms with Crippen molar-refractivity contribution in [1.82, 2.24) is 9.78 Å². The van der Waals surface area contributed by atoms with Gasteiger partial charge in [0.2, 0.25) is 0 Å². The maximum atomic E-state index is 6.30.